The maximum Gasteiger partial charge on any atom is 0.241 e. The first-order chi connectivity index (χ1) is 7.22. The minimum atomic E-state index is -0.450. The lowest BCUT2D eigenvalue weighted by Crippen LogP contribution is -2.04. The Hall–Kier alpha value is -2.03. The smallest absolute Gasteiger partial charge is 0.241 e. The maximum atomic E-state index is 10.4. The van der Waals surface area contributed by atoms with Gasteiger partial charge in [-0.25, -0.2) is 0 Å². The molecule has 1 aromatic carbocycles. The number of nitrogens with two attached hydrogens (primary N) is 1. The third-order valence-electron chi connectivity index (χ3n) is 1.78. The van der Waals surface area contributed by atoms with Gasteiger partial charge < -0.3 is 10.5 Å². The minimum absolute atomic E-state index is 0.450. The van der Waals surface area contributed by atoms with Crippen molar-refractivity contribution in [1.29, 1.82) is 0 Å². The second-order valence-electron chi connectivity index (χ2n) is 2.89. The molecule has 15 heavy (non-hydrogen) atoms. The monoisotopic (exact) mass is 203 g/mol. The van der Waals surface area contributed by atoms with E-state index in [1.165, 1.54) is 6.08 Å². The highest BCUT2D eigenvalue weighted by Crippen LogP contribution is 2.12. The summed E-state index contributed by atoms with van der Waals surface area (Å²) < 4.78 is 5.03. The third-order valence-corrected chi connectivity index (χ3v) is 1.78. The second-order valence-corrected chi connectivity index (χ2v) is 2.89. The number of methoxy groups -OCH3 is 1. The SMILES string of the molecule is COc1ccc(C=CC=CC(N)=O)cc1. The molecule has 0 spiro atoms. The van der Waals surface area contributed by atoms with Gasteiger partial charge in [0.2, 0.25) is 5.91 Å². The van der Waals surface area contributed by atoms with Crippen molar-refractivity contribution >= 4 is 12.0 Å². The first-order valence-corrected chi connectivity index (χ1v) is 4.50. The van der Waals surface area contributed by atoms with E-state index < -0.39 is 5.91 Å². The Morgan fingerprint density at radius 3 is 2.47 bits per heavy atom. The zero-order chi connectivity index (χ0) is 11.1. The number of rotatable bonds is 4. The Morgan fingerprint density at radius 2 is 1.93 bits per heavy atom. The Bertz CT molecular complexity index is 377. The van der Waals surface area contributed by atoms with Crippen LogP contribution in [0.25, 0.3) is 6.08 Å². The molecular formula is C12H13NO2. The largest absolute Gasteiger partial charge is 0.497 e. The van der Waals surface area contributed by atoms with Crippen LogP contribution in [-0.4, -0.2) is 13.0 Å². The zero-order valence-electron chi connectivity index (χ0n) is 8.51. The van der Waals surface area contributed by atoms with Crippen molar-refractivity contribution in [1.82, 2.24) is 0 Å². The van der Waals surface area contributed by atoms with Crippen LogP contribution in [0, 0.1) is 0 Å². The van der Waals surface area contributed by atoms with Crippen molar-refractivity contribution in [3.63, 3.8) is 0 Å². The van der Waals surface area contributed by atoms with Gasteiger partial charge in [0, 0.05) is 6.08 Å². The number of amides is 1. The fraction of sp³-hybridized carbons (Fsp3) is 0.0833. The van der Waals surface area contributed by atoms with Crippen molar-refractivity contribution in [2.75, 3.05) is 7.11 Å². The van der Waals surface area contributed by atoms with Crippen LogP contribution in [0.5, 0.6) is 5.75 Å². The van der Waals surface area contributed by atoms with Gasteiger partial charge in [-0.2, -0.15) is 0 Å². The lowest BCUT2D eigenvalue weighted by Gasteiger charge is -1.98. The maximum absolute atomic E-state index is 10.4. The number of hydrogen-bond acceptors (Lipinski definition) is 2. The molecule has 1 aromatic rings. The topological polar surface area (TPSA) is 52.3 Å². The number of carbonyl (C=O) groups is 1. The highest BCUT2D eigenvalue weighted by Gasteiger charge is 1.88. The van der Waals surface area contributed by atoms with E-state index in [4.69, 9.17) is 10.5 Å². The van der Waals surface area contributed by atoms with Crippen LogP contribution in [0.15, 0.2) is 42.5 Å². The quantitative estimate of drug-likeness (QED) is 0.598. The molecule has 0 bridgehead atoms. The zero-order valence-corrected chi connectivity index (χ0v) is 8.51. The van der Waals surface area contributed by atoms with E-state index in [0.29, 0.717) is 0 Å². The van der Waals surface area contributed by atoms with Crippen molar-refractivity contribution in [2.24, 2.45) is 5.73 Å². The Balaban J connectivity index is 2.61. The summed E-state index contributed by atoms with van der Waals surface area (Å²) in [5, 5.41) is 0. The minimum Gasteiger partial charge on any atom is -0.497 e. The van der Waals surface area contributed by atoms with Gasteiger partial charge in [-0.3, -0.25) is 4.79 Å². The predicted octanol–water partition coefficient (Wildman–Crippen LogP) is 1.75. The molecule has 3 nitrogen and oxygen atoms in total. The van der Waals surface area contributed by atoms with Gasteiger partial charge >= 0.3 is 0 Å². The molecule has 0 saturated carbocycles. The molecule has 0 aliphatic carbocycles. The number of primary amides is 1. The first kappa shape index (κ1) is 11.0. The van der Waals surface area contributed by atoms with E-state index in [0.717, 1.165) is 11.3 Å². The van der Waals surface area contributed by atoms with E-state index in [1.807, 2.05) is 30.3 Å². The van der Waals surface area contributed by atoms with Gasteiger partial charge in [-0.15, -0.1) is 0 Å². The summed E-state index contributed by atoms with van der Waals surface area (Å²) >= 11 is 0. The van der Waals surface area contributed by atoms with Gasteiger partial charge in [-0.1, -0.05) is 30.4 Å². The molecule has 0 atom stereocenters. The van der Waals surface area contributed by atoms with E-state index in [2.05, 4.69) is 0 Å². The summed E-state index contributed by atoms with van der Waals surface area (Å²) in [5.41, 5.74) is 5.97. The number of carbonyl (C=O) groups excluding carboxylic acids is 1. The first-order valence-electron chi connectivity index (χ1n) is 4.50. The molecular weight excluding hydrogens is 190 g/mol. The van der Waals surface area contributed by atoms with E-state index in [9.17, 15) is 4.79 Å². The molecule has 0 aliphatic rings. The van der Waals surface area contributed by atoms with E-state index in [1.54, 1.807) is 19.3 Å². The molecule has 1 amide bonds. The summed E-state index contributed by atoms with van der Waals surface area (Å²) in [7, 11) is 1.63. The summed E-state index contributed by atoms with van der Waals surface area (Å²) in [6.07, 6.45) is 6.54. The number of allylic oxidation sites excluding steroid dienone is 2. The summed E-state index contributed by atoms with van der Waals surface area (Å²) in [6.45, 7) is 0. The van der Waals surface area contributed by atoms with Crippen LogP contribution in [0.2, 0.25) is 0 Å². The number of hydrogen-bond donors (Lipinski definition) is 1. The van der Waals surface area contributed by atoms with Crippen molar-refractivity contribution in [3.8, 4) is 5.75 Å². The Morgan fingerprint density at radius 1 is 1.27 bits per heavy atom. The highest BCUT2D eigenvalue weighted by molar-refractivity contribution is 5.86. The van der Waals surface area contributed by atoms with Gasteiger partial charge in [-0.05, 0) is 17.7 Å². The average molecular weight is 203 g/mol. The van der Waals surface area contributed by atoms with Crippen LogP contribution in [0.3, 0.4) is 0 Å². The van der Waals surface area contributed by atoms with Gasteiger partial charge in [0.15, 0.2) is 0 Å². The summed E-state index contributed by atoms with van der Waals surface area (Å²) in [6, 6.07) is 7.59. The van der Waals surface area contributed by atoms with Gasteiger partial charge in [0.25, 0.3) is 0 Å². The molecule has 0 saturated heterocycles. The van der Waals surface area contributed by atoms with Gasteiger partial charge in [0.1, 0.15) is 5.75 Å². The molecule has 0 fully saturated rings. The van der Waals surface area contributed by atoms with Crippen LogP contribution in [0.1, 0.15) is 5.56 Å². The molecule has 1 rings (SSSR count). The van der Waals surface area contributed by atoms with Crippen molar-refractivity contribution < 1.29 is 9.53 Å². The van der Waals surface area contributed by atoms with Crippen LogP contribution >= 0.6 is 0 Å². The molecule has 0 unspecified atom stereocenters. The summed E-state index contributed by atoms with van der Waals surface area (Å²) in [4.78, 5) is 10.4. The highest BCUT2D eigenvalue weighted by atomic mass is 16.5. The van der Waals surface area contributed by atoms with Crippen molar-refractivity contribution in [3.05, 3.63) is 48.1 Å². The Labute approximate surface area is 88.9 Å². The molecule has 0 aromatic heterocycles. The lowest BCUT2D eigenvalue weighted by atomic mass is 10.2. The van der Waals surface area contributed by atoms with Crippen molar-refractivity contribution in [2.45, 2.75) is 0 Å². The van der Waals surface area contributed by atoms with Crippen LogP contribution < -0.4 is 10.5 Å². The molecule has 0 heterocycles. The van der Waals surface area contributed by atoms with E-state index >= 15 is 0 Å². The second kappa shape index (κ2) is 5.65. The standard InChI is InChI=1S/C12H13NO2/c1-15-11-8-6-10(7-9-11)4-2-3-5-12(13)14/h2-9H,1H3,(H2,13,14). The summed E-state index contributed by atoms with van der Waals surface area (Å²) in [5.74, 6) is 0.370. The number of benzene rings is 1. The lowest BCUT2D eigenvalue weighted by molar-refractivity contribution is -0.113. The van der Waals surface area contributed by atoms with E-state index in [-0.39, 0.29) is 0 Å². The van der Waals surface area contributed by atoms with Crippen LogP contribution in [-0.2, 0) is 4.79 Å². The third kappa shape index (κ3) is 4.13. The molecule has 0 radical (unpaired) electrons. The molecule has 3 heteroatoms. The fourth-order valence-corrected chi connectivity index (χ4v) is 1.03. The predicted molar refractivity (Wildman–Crippen MR) is 60.4 cm³/mol. The molecule has 78 valence electrons. The fourth-order valence-electron chi connectivity index (χ4n) is 1.03. The van der Waals surface area contributed by atoms with Gasteiger partial charge in [0.05, 0.1) is 7.11 Å². The van der Waals surface area contributed by atoms with Crippen LogP contribution in [0.4, 0.5) is 0 Å². The molecule has 2 N–H and O–H groups in total. The number of ether oxygens (including phenoxy) is 1. The average Bonchev–Trinajstić information content (AvgIpc) is 2.25. The normalized spacial score (nSPS) is 11.0. The Kier molecular flexibility index (Phi) is 4.16. The molecule has 0 aliphatic heterocycles.